The van der Waals surface area contributed by atoms with Crippen LogP contribution in [0.1, 0.15) is 223 Å². The Labute approximate surface area is 479 Å². The molecule has 22 heteroatoms. The van der Waals surface area contributed by atoms with E-state index < -0.39 is 79.7 Å². The average molecular weight is 1170 g/mol. The first kappa shape index (κ1) is 69.5. The van der Waals surface area contributed by atoms with E-state index >= 15 is 0 Å². The minimum Gasteiger partial charge on any atom is -0.379 e. The van der Waals surface area contributed by atoms with Crippen LogP contribution in [-0.2, 0) is 56.0 Å². The molecule has 462 valence electrons. The molecule has 0 aromatic rings. The predicted octanol–water partition coefficient (Wildman–Crippen LogP) is 9.04. The smallest absolute Gasteiger partial charge is 0.360 e. The number of nitrogens with one attached hydrogen (secondary N) is 6. The molecule has 8 N–H and O–H groups in total. The Morgan fingerprint density at radius 3 is 1.55 bits per heavy atom. The van der Waals surface area contributed by atoms with Crippen LogP contribution in [0, 0.1) is 34.5 Å². The maximum atomic E-state index is 15.0. The van der Waals surface area contributed by atoms with Crippen LogP contribution in [0.3, 0.4) is 0 Å². The molecule has 4 aliphatic rings. The molecule has 0 bridgehead atoms. The van der Waals surface area contributed by atoms with Crippen LogP contribution in [0.2, 0.25) is 0 Å². The van der Waals surface area contributed by atoms with Crippen LogP contribution < -0.4 is 31.9 Å². The molecule has 0 aliphatic carbocycles. The van der Waals surface area contributed by atoms with Gasteiger partial charge in [-0.15, -0.1) is 0 Å². The maximum absolute atomic E-state index is 15.0. The van der Waals surface area contributed by atoms with Gasteiger partial charge in [-0.25, -0.2) is 0 Å². The Bertz CT molecular complexity index is 2050. The molecule has 4 rings (SSSR count). The Hall–Kier alpha value is -2.96. The van der Waals surface area contributed by atoms with Crippen molar-refractivity contribution in [2.45, 2.75) is 265 Å². The summed E-state index contributed by atoms with van der Waals surface area (Å²) in [6.45, 7) is 16.6. The Balaban J connectivity index is 1.74. The second-order valence-corrected chi connectivity index (χ2v) is 28.4. The fraction of sp³-hybridized carbons (Fsp3) is 0.897. The van der Waals surface area contributed by atoms with Gasteiger partial charge in [0.2, 0.25) is 35.4 Å². The number of hydrogen-bond acceptors (Lipinski definition) is 14. The van der Waals surface area contributed by atoms with E-state index in [1.54, 1.807) is 27.7 Å². The molecule has 8 unspecified atom stereocenters. The third-order valence-corrected chi connectivity index (χ3v) is 21.5. The van der Waals surface area contributed by atoms with E-state index in [9.17, 15) is 48.1 Å². The number of hydrogen-bond donors (Lipinski definition) is 8. The number of carbonyl (C=O) groups excluding carboxylic acids is 6. The second kappa shape index (κ2) is 34.1. The lowest BCUT2D eigenvalue weighted by atomic mass is 9.74. The monoisotopic (exact) mass is 1170 g/mol. The predicted molar refractivity (Wildman–Crippen MR) is 309 cm³/mol. The van der Waals surface area contributed by atoms with Gasteiger partial charge in [-0.05, 0) is 122 Å². The SMILES string of the molecule is CCCC1CCCCCCC2(CCNC2=O)C[C@@H](C(O)P(=O)(OCC)OCC)NC(=O)[C@H](CC(C)CC2CC3(CCCCCCCC(CCC)C(=O)N[C@@H](CC(C)C)C(=O)N[C@H](C(O)P(=O)(OCC)OCC)C3)C(=O)N2)NC(=O)C1. The number of aliphatic hydroxyl groups is 2. The van der Waals surface area contributed by atoms with Crippen molar-refractivity contribution in [3.05, 3.63) is 0 Å². The third-order valence-electron chi connectivity index (χ3n) is 17.0. The zero-order chi connectivity index (χ0) is 59.1. The maximum Gasteiger partial charge on any atom is 0.360 e. The van der Waals surface area contributed by atoms with Crippen molar-refractivity contribution in [2.75, 3.05) is 33.0 Å². The molecule has 12 atom stereocenters. The van der Waals surface area contributed by atoms with Gasteiger partial charge in [0.25, 0.3) is 0 Å². The molecular formula is C58H106N6O14P2. The molecule has 0 aromatic heterocycles. The van der Waals surface area contributed by atoms with Crippen molar-refractivity contribution in [3.8, 4) is 0 Å². The molecule has 0 saturated carbocycles. The van der Waals surface area contributed by atoms with Gasteiger partial charge < -0.3 is 60.2 Å². The molecule has 4 saturated heterocycles. The van der Waals surface area contributed by atoms with Crippen LogP contribution in [0.5, 0.6) is 0 Å². The molecular weight excluding hydrogens is 1070 g/mol. The first-order valence-corrected chi connectivity index (χ1v) is 34.2. The van der Waals surface area contributed by atoms with Gasteiger partial charge >= 0.3 is 15.2 Å². The summed E-state index contributed by atoms with van der Waals surface area (Å²) in [6.07, 6.45) is 14.5. The van der Waals surface area contributed by atoms with E-state index in [1.165, 1.54) is 0 Å². The molecule has 4 aliphatic heterocycles. The van der Waals surface area contributed by atoms with Gasteiger partial charge in [-0.3, -0.25) is 37.9 Å². The first-order chi connectivity index (χ1) is 38.1. The van der Waals surface area contributed by atoms with Crippen molar-refractivity contribution in [1.82, 2.24) is 31.9 Å². The summed E-state index contributed by atoms with van der Waals surface area (Å²) in [5.74, 6) is -6.50. The van der Waals surface area contributed by atoms with Gasteiger partial charge in [0.05, 0.1) is 49.3 Å². The summed E-state index contributed by atoms with van der Waals surface area (Å²) < 4.78 is 51.4. The summed E-state index contributed by atoms with van der Waals surface area (Å²) in [7, 11) is -8.60. The quantitative estimate of drug-likeness (QED) is 0.0470. The Morgan fingerprint density at radius 1 is 0.537 bits per heavy atom. The van der Waals surface area contributed by atoms with E-state index in [0.29, 0.717) is 57.9 Å². The van der Waals surface area contributed by atoms with Crippen LogP contribution in [0.15, 0.2) is 0 Å². The highest BCUT2D eigenvalue weighted by atomic mass is 31.2. The number of carbonyl (C=O) groups is 6. The van der Waals surface area contributed by atoms with Crippen LogP contribution in [0.25, 0.3) is 0 Å². The molecule has 20 nitrogen and oxygen atoms in total. The van der Waals surface area contributed by atoms with Crippen molar-refractivity contribution >= 4 is 50.6 Å². The van der Waals surface area contributed by atoms with Crippen LogP contribution in [-0.4, -0.2) is 121 Å². The van der Waals surface area contributed by atoms with Gasteiger partial charge in [0.15, 0.2) is 11.7 Å². The summed E-state index contributed by atoms with van der Waals surface area (Å²) in [5.41, 5.74) is -2.17. The summed E-state index contributed by atoms with van der Waals surface area (Å²) in [4.78, 5) is 86.3. The van der Waals surface area contributed by atoms with Crippen LogP contribution >= 0.6 is 15.2 Å². The van der Waals surface area contributed by atoms with Gasteiger partial charge in [-0.1, -0.05) is 112 Å². The minimum atomic E-state index is -4.32. The fourth-order valence-electron chi connectivity index (χ4n) is 13.1. The summed E-state index contributed by atoms with van der Waals surface area (Å²) >= 11 is 0. The van der Waals surface area contributed by atoms with E-state index in [-0.39, 0.29) is 106 Å². The zero-order valence-corrected chi connectivity index (χ0v) is 52.0. The van der Waals surface area contributed by atoms with Gasteiger partial charge in [0.1, 0.15) is 12.1 Å². The van der Waals surface area contributed by atoms with Crippen molar-refractivity contribution in [1.29, 1.82) is 0 Å². The molecule has 2 spiro atoms. The average Bonchev–Trinajstić information content (AvgIpc) is 3.92. The molecule has 4 fully saturated rings. The third kappa shape index (κ3) is 20.4. The number of amides is 6. The molecule has 4 heterocycles. The van der Waals surface area contributed by atoms with Crippen LogP contribution in [0.4, 0.5) is 0 Å². The Kier molecular flexibility index (Phi) is 29.6. The van der Waals surface area contributed by atoms with Crippen molar-refractivity contribution < 1.29 is 66.2 Å². The van der Waals surface area contributed by atoms with E-state index in [1.807, 2.05) is 27.7 Å². The van der Waals surface area contributed by atoms with Gasteiger partial charge in [-0.2, -0.15) is 0 Å². The van der Waals surface area contributed by atoms with E-state index in [0.717, 1.165) is 77.0 Å². The number of rotatable bonds is 22. The second-order valence-electron chi connectivity index (χ2n) is 24.1. The Morgan fingerprint density at radius 2 is 1.04 bits per heavy atom. The normalized spacial score (nSPS) is 30.3. The highest BCUT2D eigenvalue weighted by Gasteiger charge is 2.53. The van der Waals surface area contributed by atoms with Crippen molar-refractivity contribution in [3.63, 3.8) is 0 Å². The van der Waals surface area contributed by atoms with Crippen molar-refractivity contribution in [2.24, 2.45) is 34.5 Å². The summed E-state index contributed by atoms with van der Waals surface area (Å²) in [6, 6.07) is -5.20. The molecule has 80 heavy (non-hydrogen) atoms. The van der Waals surface area contributed by atoms with E-state index in [2.05, 4.69) is 38.8 Å². The lowest BCUT2D eigenvalue weighted by Gasteiger charge is -2.37. The lowest BCUT2D eigenvalue weighted by Crippen LogP contribution is -2.55. The number of aliphatic hydroxyl groups excluding tert-OH is 2. The van der Waals surface area contributed by atoms with Gasteiger partial charge in [0, 0.05) is 24.9 Å². The summed E-state index contributed by atoms with van der Waals surface area (Å²) in [5, 5.41) is 42.5. The fourth-order valence-corrected chi connectivity index (χ4v) is 16.6. The zero-order valence-electron chi connectivity index (χ0n) is 50.3. The lowest BCUT2D eigenvalue weighted by molar-refractivity contribution is -0.133. The highest BCUT2D eigenvalue weighted by molar-refractivity contribution is 7.54. The molecule has 0 aromatic carbocycles. The van der Waals surface area contributed by atoms with E-state index in [4.69, 9.17) is 18.1 Å². The largest absolute Gasteiger partial charge is 0.379 e. The minimum absolute atomic E-state index is 0.0110. The highest BCUT2D eigenvalue weighted by Crippen LogP contribution is 2.56. The topological polar surface area (TPSA) is 286 Å². The molecule has 6 amide bonds. The first-order valence-electron chi connectivity index (χ1n) is 31.0. The standard InChI is InChI=1S/C58H106N6O14P2/c1-10-25-42-27-21-18-20-23-29-57(31-32-59-55(57)71)38-47(53(69)79(73,75-12-3)76-13-4)63-52(68)46(61-49(65)36-42)35-41(9)34-44-37-58(56(72)60-44)30-24-19-16-17-22-28-43(26-11-2)50(66)62-45(33-40(7)8)51(67)64-48(39-58)54(70)80(74,77-14-5)78-15-6/h40-48,53-54,69-70H,10-39H2,1-9H3,(H,59,71)(H,60,72)(H,61,65)(H,62,66)(H,63,68)(H,64,67)/t41?,42?,43?,44?,45-,46-,47-,48-,53?,54?,57?,58?/m0/s1. The molecule has 0 radical (unpaired) electrons.